The minimum absolute atomic E-state index is 0.358. The van der Waals surface area contributed by atoms with Crippen LogP contribution in [0.4, 0.5) is 0 Å². The third-order valence-corrected chi connectivity index (χ3v) is 4.00. The Kier molecular flexibility index (Phi) is 7.46. The first-order valence-corrected chi connectivity index (χ1v) is 8.70. The summed E-state index contributed by atoms with van der Waals surface area (Å²) in [4.78, 5) is 23.9. The van der Waals surface area contributed by atoms with E-state index in [0.717, 1.165) is 12.8 Å². The van der Waals surface area contributed by atoms with Crippen LogP contribution in [0.2, 0.25) is 0 Å². The van der Waals surface area contributed by atoms with Crippen molar-refractivity contribution in [2.75, 3.05) is 13.2 Å². The predicted octanol–water partition coefficient (Wildman–Crippen LogP) is 3.02. The Morgan fingerprint density at radius 3 is 1.58 bits per heavy atom. The fourth-order valence-corrected chi connectivity index (χ4v) is 2.55. The molecule has 0 spiro atoms. The molecule has 0 aliphatic carbocycles. The van der Waals surface area contributed by atoms with Gasteiger partial charge in [-0.1, -0.05) is 13.8 Å². The van der Waals surface area contributed by atoms with E-state index < -0.39 is 12.2 Å². The van der Waals surface area contributed by atoms with Crippen molar-refractivity contribution in [3.8, 4) is 0 Å². The van der Waals surface area contributed by atoms with Gasteiger partial charge in [-0.15, -0.1) is 0 Å². The number of carbonyl (C=O) groups excluding carboxylic acids is 2. The molecule has 0 bridgehead atoms. The fraction of sp³-hybridized carbons (Fsp3) is 0.667. The van der Waals surface area contributed by atoms with Crippen molar-refractivity contribution in [1.82, 2.24) is 0 Å². The number of rotatable bonds is 7. The van der Waals surface area contributed by atoms with Gasteiger partial charge >= 0.3 is 11.9 Å². The van der Waals surface area contributed by atoms with E-state index in [0.29, 0.717) is 50.4 Å². The van der Waals surface area contributed by atoms with Crippen molar-refractivity contribution >= 4 is 11.9 Å². The standard InChI is InChI=1S/C18H26O6/c1-3-13(23-17(19)15-7-5-11-21-15)9-10-14(4-2)24-18(20)16-8-6-12-22-16/h9-10,15-16H,3-8,11-12H2,1-2H3/b13-9-,14-10-. The quantitative estimate of drug-likeness (QED) is 0.404. The largest absolute Gasteiger partial charge is 0.429 e. The molecule has 134 valence electrons. The van der Waals surface area contributed by atoms with Crippen molar-refractivity contribution in [2.45, 2.75) is 64.6 Å². The van der Waals surface area contributed by atoms with E-state index in [1.54, 1.807) is 12.2 Å². The van der Waals surface area contributed by atoms with Gasteiger partial charge in [0, 0.05) is 26.1 Å². The van der Waals surface area contributed by atoms with Gasteiger partial charge < -0.3 is 18.9 Å². The molecule has 0 aromatic carbocycles. The molecular weight excluding hydrogens is 312 g/mol. The molecule has 2 rings (SSSR count). The zero-order valence-electron chi connectivity index (χ0n) is 14.4. The molecule has 2 unspecified atom stereocenters. The Bertz CT molecular complexity index is 450. The highest BCUT2D eigenvalue weighted by atomic mass is 16.6. The van der Waals surface area contributed by atoms with Crippen molar-refractivity contribution in [3.63, 3.8) is 0 Å². The maximum Gasteiger partial charge on any atom is 0.340 e. The van der Waals surface area contributed by atoms with Gasteiger partial charge in [-0.05, 0) is 37.8 Å². The summed E-state index contributed by atoms with van der Waals surface area (Å²) in [6.45, 7) is 4.99. The van der Waals surface area contributed by atoms with Gasteiger partial charge in [0.2, 0.25) is 0 Å². The first kappa shape index (κ1) is 18.7. The number of hydrogen-bond acceptors (Lipinski definition) is 6. The zero-order chi connectivity index (χ0) is 17.4. The maximum absolute atomic E-state index is 12.0. The summed E-state index contributed by atoms with van der Waals surface area (Å²) >= 11 is 0. The second-order valence-corrected chi connectivity index (χ2v) is 5.82. The van der Waals surface area contributed by atoms with Crippen molar-refractivity contribution < 1.29 is 28.5 Å². The van der Waals surface area contributed by atoms with Crippen LogP contribution < -0.4 is 0 Å². The van der Waals surface area contributed by atoms with Gasteiger partial charge in [-0.3, -0.25) is 0 Å². The molecule has 0 N–H and O–H groups in total. The third kappa shape index (κ3) is 5.46. The van der Waals surface area contributed by atoms with E-state index in [9.17, 15) is 9.59 Å². The monoisotopic (exact) mass is 338 g/mol. The summed E-state index contributed by atoms with van der Waals surface area (Å²) < 4.78 is 21.4. The summed E-state index contributed by atoms with van der Waals surface area (Å²) in [5, 5.41) is 0. The van der Waals surface area contributed by atoms with E-state index in [2.05, 4.69) is 0 Å². The lowest BCUT2D eigenvalue weighted by Gasteiger charge is -2.12. The lowest BCUT2D eigenvalue weighted by molar-refractivity contribution is -0.151. The molecule has 6 nitrogen and oxygen atoms in total. The minimum Gasteiger partial charge on any atom is -0.429 e. The molecule has 0 radical (unpaired) electrons. The highest BCUT2D eigenvalue weighted by Crippen LogP contribution is 2.18. The summed E-state index contributed by atoms with van der Waals surface area (Å²) in [6.07, 6.45) is 6.70. The first-order chi connectivity index (χ1) is 11.6. The highest BCUT2D eigenvalue weighted by molar-refractivity contribution is 5.76. The molecule has 0 amide bonds. The second-order valence-electron chi connectivity index (χ2n) is 5.82. The van der Waals surface area contributed by atoms with Gasteiger partial charge in [0.15, 0.2) is 12.2 Å². The Morgan fingerprint density at radius 1 is 0.875 bits per heavy atom. The Balaban J connectivity index is 1.92. The van der Waals surface area contributed by atoms with Gasteiger partial charge in [0.25, 0.3) is 0 Å². The summed E-state index contributed by atoms with van der Waals surface area (Å²) in [5.74, 6) is 0.330. The molecule has 2 aliphatic rings. The second kappa shape index (κ2) is 9.59. The lowest BCUT2D eigenvalue weighted by atomic mass is 10.2. The minimum atomic E-state index is -0.466. The van der Waals surface area contributed by atoms with Crippen LogP contribution in [0.3, 0.4) is 0 Å². The van der Waals surface area contributed by atoms with E-state index in [-0.39, 0.29) is 11.9 Å². The van der Waals surface area contributed by atoms with Crippen LogP contribution in [-0.2, 0) is 28.5 Å². The maximum atomic E-state index is 12.0. The van der Waals surface area contributed by atoms with Crippen LogP contribution in [0.5, 0.6) is 0 Å². The van der Waals surface area contributed by atoms with Crippen molar-refractivity contribution in [1.29, 1.82) is 0 Å². The molecule has 2 aliphatic heterocycles. The van der Waals surface area contributed by atoms with Crippen LogP contribution in [0, 0.1) is 0 Å². The summed E-state index contributed by atoms with van der Waals surface area (Å²) in [5.41, 5.74) is 0. The average molecular weight is 338 g/mol. The van der Waals surface area contributed by atoms with Gasteiger partial charge in [-0.25, -0.2) is 9.59 Å². The molecule has 2 heterocycles. The number of esters is 2. The lowest BCUT2D eigenvalue weighted by Crippen LogP contribution is -2.22. The Labute approximate surface area is 142 Å². The van der Waals surface area contributed by atoms with Gasteiger partial charge in [0.1, 0.15) is 11.5 Å². The van der Waals surface area contributed by atoms with E-state index in [1.807, 2.05) is 13.8 Å². The molecule has 0 aromatic rings. The molecule has 2 atom stereocenters. The van der Waals surface area contributed by atoms with E-state index in [1.165, 1.54) is 0 Å². The third-order valence-electron chi connectivity index (χ3n) is 4.00. The average Bonchev–Trinajstić information content (AvgIpc) is 3.30. The predicted molar refractivity (Wildman–Crippen MR) is 86.9 cm³/mol. The summed E-state index contributed by atoms with van der Waals surface area (Å²) in [6, 6.07) is 0. The van der Waals surface area contributed by atoms with Crippen molar-refractivity contribution in [3.05, 3.63) is 23.7 Å². The molecule has 0 aromatic heterocycles. The number of hydrogen-bond donors (Lipinski definition) is 0. The summed E-state index contributed by atoms with van der Waals surface area (Å²) in [7, 11) is 0. The SMILES string of the molecule is CC/C(=C/C=C(/CC)OC(=O)C1CCCO1)OC(=O)C1CCCO1. The van der Waals surface area contributed by atoms with E-state index in [4.69, 9.17) is 18.9 Å². The van der Waals surface area contributed by atoms with Crippen molar-refractivity contribution in [2.24, 2.45) is 0 Å². The van der Waals surface area contributed by atoms with Crippen LogP contribution in [-0.4, -0.2) is 37.4 Å². The zero-order valence-corrected chi connectivity index (χ0v) is 14.4. The molecule has 0 saturated carbocycles. The number of ether oxygens (including phenoxy) is 4. The highest BCUT2D eigenvalue weighted by Gasteiger charge is 2.26. The van der Waals surface area contributed by atoms with Crippen LogP contribution in [0.25, 0.3) is 0 Å². The topological polar surface area (TPSA) is 71.1 Å². The molecular formula is C18H26O6. The van der Waals surface area contributed by atoms with Crippen LogP contribution in [0.15, 0.2) is 23.7 Å². The van der Waals surface area contributed by atoms with Gasteiger partial charge in [-0.2, -0.15) is 0 Å². The molecule has 2 fully saturated rings. The van der Waals surface area contributed by atoms with Gasteiger partial charge in [0.05, 0.1) is 0 Å². The fourth-order valence-electron chi connectivity index (χ4n) is 2.55. The smallest absolute Gasteiger partial charge is 0.340 e. The normalized spacial score (nSPS) is 24.9. The Morgan fingerprint density at radius 2 is 1.29 bits per heavy atom. The number of allylic oxidation sites excluding steroid dienone is 4. The number of carbonyl (C=O) groups is 2. The first-order valence-electron chi connectivity index (χ1n) is 8.70. The van der Waals surface area contributed by atoms with Crippen LogP contribution in [0.1, 0.15) is 52.4 Å². The Hall–Kier alpha value is -1.66. The van der Waals surface area contributed by atoms with Crippen LogP contribution >= 0.6 is 0 Å². The molecule has 2 saturated heterocycles. The molecule has 24 heavy (non-hydrogen) atoms. The molecule has 6 heteroatoms. The van der Waals surface area contributed by atoms with E-state index >= 15 is 0 Å².